The van der Waals surface area contributed by atoms with Crippen LogP contribution >= 0.6 is 11.3 Å². The number of nitrogens with zero attached hydrogens (tertiary/aromatic N) is 2. The van der Waals surface area contributed by atoms with Gasteiger partial charge in [0.15, 0.2) is 5.89 Å². The Morgan fingerprint density at radius 1 is 1.13 bits per heavy atom. The van der Waals surface area contributed by atoms with Gasteiger partial charge in [0.25, 0.3) is 0 Å². The van der Waals surface area contributed by atoms with Crippen LogP contribution in [0.4, 0.5) is 0 Å². The Morgan fingerprint density at radius 2 is 1.83 bits per heavy atom. The van der Waals surface area contributed by atoms with E-state index >= 15 is 0 Å². The van der Waals surface area contributed by atoms with E-state index in [0.29, 0.717) is 17.8 Å². The minimum absolute atomic E-state index is 0.00649. The molecule has 2 rings (SSSR count). The van der Waals surface area contributed by atoms with Crippen molar-refractivity contribution in [2.45, 2.75) is 84.5 Å². The van der Waals surface area contributed by atoms with Gasteiger partial charge in [-0.25, -0.2) is 9.97 Å². The molecule has 0 aliphatic rings. The molecule has 0 fully saturated rings. The van der Waals surface area contributed by atoms with Crippen LogP contribution in [-0.2, 0) is 5.41 Å². The van der Waals surface area contributed by atoms with Crippen molar-refractivity contribution in [3.63, 3.8) is 0 Å². The van der Waals surface area contributed by atoms with Crippen LogP contribution in [0.3, 0.4) is 0 Å². The minimum Gasteiger partial charge on any atom is -0.445 e. The average Bonchev–Trinajstić information content (AvgIpc) is 3.13. The van der Waals surface area contributed by atoms with E-state index in [1.807, 2.05) is 6.20 Å². The second kappa shape index (κ2) is 7.16. The SMILES string of the molecule is CC(C)c1csc(C(C)CCC(C)(C)c2cnc(C(C)C)o2)n1. The van der Waals surface area contributed by atoms with E-state index in [-0.39, 0.29) is 5.41 Å². The summed E-state index contributed by atoms with van der Waals surface area (Å²) < 4.78 is 5.96. The van der Waals surface area contributed by atoms with Gasteiger partial charge < -0.3 is 4.42 Å². The number of oxazole rings is 1. The molecular weight excluding hydrogens is 304 g/mol. The molecule has 0 saturated heterocycles. The van der Waals surface area contributed by atoms with Crippen LogP contribution in [0.15, 0.2) is 16.0 Å². The largest absolute Gasteiger partial charge is 0.445 e. The first kappa shape index (κ1) is 18.2. The van der Waals surface area contributed by atoms with Gasteiger partial charge in [0.2, 0.25) is 0 Å². The lowest BCUT2D eigenvalue weighted by molar-refractivity contribution is 0.329. The number of thiazole rings is 1. The predicted octanol–water partition coefficient (Wildman–Crippen LogP) is 6.24. The van der Waals surface area contributed by atoms with Crippen molar-refractivity contribution in [3.8, 4) is 0 Å². The first-order valence-electron chi connectivity index (χ1n) is 8.62. The number of hydrogen-bond donors (Lipinski definition) is 0. The van der Waals surface area contributed by atoms with Crippen molar-refractivity contribution in [1.29, 1.82) is 0 Å². The monoisotopic (exact) mass is 334 g/mol. The summed E-state index contributed by atoms with van der Waals surface area (Å²) in [6.45, 7) is 15.4. The van der Waals surface area contributed by atoms with Crippen molar-refractivity contribution >= 4 is 11.3 Å². The quantitative estimate of drug-likeness (QED) is 0.601. The number of rotatable bonds is 7. The molecule has 0 saturated carbocycles. The Bertz CT molecular complexity index is 625. The lowest BCUT2D eigenvalue weighted by Gasteiger charge is -2.23. The molecule has 0 bridgehead atoms. The summed E-state index contributed by atoms with van der Waals surface area (Å²) in [6, 6.07) is 0. The van der Waals surface area contributed by atoms with E-state index in [9.17, 15) is 0 Å². The first-order valence-corrected chi connectivity index (χ1v) is 9.50. The molecule has 23 heavy (non-hydrogen) atoms. The molecule has 2 aromatic heterocycles. The van der Waals surface area contributed by atoms with Gasteiger partial charge in [0.1, 0.15) is 5.76 Å². The van der Waals surface area contributed by atoms with Crippen molar-refractivity contribution in [3.05, 3.63) is 33.9 Å². The minimum atomic E-state index is 0.00649. The molecule has 0 aromatic carbocycles. The summed E-state index contributed by atoms with van der Waals surface area (Å²) >= 11 is 1.79. The van der Waals surface area contributed by atoms with Crippen LogP contribution in [0.1, 0.15) is 101 Å². The van der Waals surface area contributed by atoms with Crippen LogP contribution in [0.25, 0.3) is 0 Å². The average molecular weight is 335 g/mol. The smallest absolute Gasteiger partial charge is 0.196 e. The summed E-state index contributed by atoms with van der Waals surface area (Å²) in [5.41, 5.74) is 1.22. The van der Waals surface area contributed by atoms with Gasteiger partial charge in [-0.3, -0.25) is 0 Å². The van der Waals surface area contributed by atoms with E-state index in [2.05, 4.69) is 58.8 Å². The van der Waals surface area contributed by atoms with Gasteiger partial charge in [-0.1, -0.05) is 48.5 Å². The molecule has 2 aromatic rings. The van der Waals surface area contributed by atoms with Crippen LogP contribution in [0.2, 0.25) is 0 Å². The van der Waals surface area contributed by atoms with Gasteiger partial charge in [-0.2, -0.15) is 0 Å². The summed E-state index contributed by atoms with van der Waals surface area (Å²) in [6.07, 6.45) is 4.08. The maximum Gasteiger partial charge on any atom is 0.196 e. The summed E-state index contributed by atoms with van der Waals surface area (Å²) in [5.74, 6) is 3.16. The van der Waals surface area contributed by atoms with Crippen molar-refractivity contribution < 1.29 is 4.42 Å². The molecule has 2 heterocycles. The molecule has 4 heteroatoms. The van der Waals surface area contributed by atoms with Gasteiger partial charge in [-0.05, 0) is 18.8 Å². The van der Waals surface area contributed by atoms with Crippen molar-refractivity contribution in [2.75, 3.05) is 0 Å². The van der Waals surface area contributed by atoms with Crippen LogP contribution < -0.4 is 0 Å². The first-order chi connectivity index (χ1) is 10.7. The molecule has 0 aliphatic carbocycles. The Labute approximate surface area is 144 Å². The van der Waals surface area contributed by atoms with Gasteiger partial charge in [-0.15, -0.1) is 11.3 Å². The topological polar surface area (TPSA) is 38.9 Å². The summed E-state index contributed by atoms with van der Waals surface area (Å²) in [7, 11) is 0. The fourth-order valence-corrected chi connectivity index (χ4v) is 3.56. The second-order valence-corrected chi connectivity index (χ2v) is 8.70. The van der Waals surface area contributed by atoms with Crippen LogP contribution in [0.5, 0.6) is 0 Å². The Kier molecular flexibility index (Phi) is 5.66. The molecule has 0 N–H and O–H groups in total. The molecular formula is C19H30N2OS. The lowest BCUT2D eigenvalue weighted by Crippen LogP contribution is -2.17. The Balaban J connectivity index is 1.99. The highest BCUT2D eigenvalue weighted by Crippen LogP contribution is 2.35. The zero-order chi connectivity index (χ0) is 17.2. The highest BCUT2D eigenvalue weighted by Gasteiger charge is 2.27. The zero-order valence-electron chi connectivity index (χ0n) is 15.5. The van der Waals surface area contributed by atoms with Gasteiger partial charge in [0, 0.05) is 22.6 Å². The van der Waals surface area contributed by atoms with Crippen LogP contribution in [-0.4, -0.2) is 9.97 Å². The second-order valence-electron chi connectivity index (χ2n) is 7.81. The third-order valence-electron chi connectivity index (χ3n) is 4.44. The van der Waals surface area contributed by atoms with E-state index in [1.54, 1.807) is 11.3 Å². The molecule has 0 aliphatic heterocycles. The van der Waals surface area contributed by atoms with Crippen molar-refractivity contribution in [1.82, 2.24) is 9.97 Å². The normalized spacial score (nSPS) is 14.0. The maximum absolute atomic E-state index is 5.96. The van der Waals surface area contributed by atoms with E-state index < -0.39 is 0 Å². The Hall–Kier alpha value is -1.16. The predicted molar refractivity (Wildman–Crippen MR) is 97.5 cm³/mol. The molecule has 1 unspecified atom stereocenters. The standard InChI is InChI=1S/C19H30N2OS/c1-12(2)15-11-23-18(21-15)14(5)8-9-19(6,7)16-10-20-17(22-16)13(3)4/h10-14H,8-9H2,1-7H3. The fraction of sp³-hybridized carbons (Fsp3) is 0.684. The molecule has 128 valence electrons. The van der Waals surface area contributed by atoms with Gasteiger partial charge >= 0.3 is 0 Å². The van der Waals surface area contributed by atoms with Gasteiger partial charge in [0.05, 0.1) is 16.9 Å². The zero-order valence-corrected chi connectivity index (χ0v) is 16.3. The lowest BCUT2D eigenvalue weighted by atomic mass is 9.83. The highest BCUT2D eigenvalue weighted by atomic mass is 32.1. The molecule has 1 atom stereocenters. The van der Waals surface area contributed by atoms with E-state index in [1.165, 1.54) is 10.7 Å². The van der Waals surface area contributed by atoms with Crippen molar-refractivity contribution in [2.24, 2.45) is 0 Å². The molecule has 0 radical (unpaired) electrons. The number of aromatic nitrogens is 2. The molecule has 3 nitrogen and oxygen atoms in total. The van der Waals surface area contributed by atoms with E-state index in [0.717, 1.165) is 24.5 Å². The summed E-state index contributed by atoms with van der Waals surface area (Å²) in [5, 5.41) is 3.46. The number of hydrogen-bond acceptors (Lipinski definition) is 4. The fourth-order valence-electron chi connectivity index (χ4n) is 2.48. The Morgan fingerprint density at radius 3 is 2.35 bits per heavy atom. The highest BCUT2D eigenvalue weighted by molar-refractivity contribution is 7.09. The van der Waals surface area contributed by atoms with E-state index in [4.69, 9.17) is 9.40 Å². The van der Waals surface area contributed by atoms with Crippen LogP contribution in [0, 0.1) is 0 Å². The summed E-state index contributed by atoms with van der Waals surface area (Å²) in [4.78, 5) is 9.21. The maximum atomic E-state index is 5.96. The third-order valence-corrected chi connectivity index (χ3v) is 5.53. The molecule has 0 amide bonds. The third kappa shape index (κ3) is 4.43. The molecule has 0 spiro atoms.